The number of thioether (sulfide) groups is 1. The van der Waals surface area contributed by atoms with Gasteiger partial charge in [-0.3, -0.25) is 4.79 Å². The van der Waals surface area contributed by atoms with E-state index in [9.17, 15) is 4.79 Å². The summed E-state index contributed by atoms with van der Waals surface area (Å²) in [6, 6.07) is 7.22. The Morgan fingerprint density at radius 2 is 2.04 bits per heavy atom. The second-order valence-corrected chi connectivity index (χ2v) is 8.17. The average molecular weight is 393 g/mol. The van der Waals surface area contributed by atoms with Crippen LogP contribution in [0.3, 0.4) is 0 Å². The topological polar surface area (TPSA) is 59.8 Å². The maximum absolute atomic E-state index is 12.1. The van der Waals surface area contributed by atoms with Gasteiger partial charge in [0.05, 0.1) is 16.5 Å². The SMILES string of the molecule is Cn1c(CCC2CCCCC2)nnc1SCC(=O)Nc1ccccc1Cl. The third-order valence-electron chi connectivity index (χ3n) is 4.91. The first kappa shape index (κ1) is 19.2. The number of anilines is 1. The molecular weight excluding hydrogens is 368 g/mol. The lowest BCUT2D eigenvalue weighted by Crippen LogP contribution is -2.14. The number of benzene rings is 1. The van der Waals surface area contributed by atoms with Crippen molar-refractivity contribution in [2.75, 3.05) is 11.1 Å². The summed E-state index contributed by atoms with van der Waals surface area (Å²) in [6.07, 6.45) is 8.96. The van der Waals surface area contributed by atoms with E-state index in [1.165, 1.54) is 50.3 Å². The molecule has 3 rings (SSSR count). The van der Waals surface area contributed by atoms with Gasteiger partial charge in [0.1, 0.15) is 5.82 Å². The minimum absolute atomic E-state index is 0.102. The minimum atomic E-state index is -0.102. The number of amides is 1. The average Bonchev–Trinajstić information content (AvgIpc) is 3.01. The summed E-state index contributed by atoms with van der Waals surface area (Å²) in [5.74, 6) is 2.01. The standard InChI is InChI=1S/C19H25ClN4OS/c1-24-17(12-11-14-7-3-2-4-8-14)22-23-19(24)26-13-18(25)21-16-10-6-5-9-15(16)20/h5-6,9-10,14H,2-4,7-8,11-13H2,1H3,(H,21,25). The molecule has 140 valence electrons. The van der Waals surface area contributed by atoms with Gasteiger partial charge in [0.15, 0.2) is 5.16 Å². The van der Waals surface area contributed by atoms with E-state index in [1.54, 1.807) is 12.1 Å². The lowest BCUT2D eigenvalue weighted by molar-refractivity contribution is -0.113. The number of carbonyl (C=O) groups is 1. The molecule has 26 heavy (non-hydrogen) atoms. The summed E-state index contributed by atoms with van der Waals surface area (Å²) in [5, 5.41) is 12.7. The van der Waals surface area contributed by atoms with Crippen LogP contribution < -0.4 is 5.32 Å². The van der Waals surface area contributed by atoms with Gasteiger partial charge in [-0.2, -0.15) is 0 Å². The summed E-state index contributed by atoms with van der Waals surface area (Å²) in [7, 11) is 1.98. The number of hydrogen-bond donors (Lipinski definition) is 1. The molecule has 7 heteroatoms. The van der Waals surface area contributed by atoms with E-state index in [0.717, 1.165) is 23.3 Å². The van der Waals surface area contributed by atoms with Crippen molar-refractivity contribution in [2.24, 2.45) is 13.0 Å². The third kappa shape index (κ3) is 5.24. The van der Waals surface area contributed by atoms with Crippen LogP contribution in [0.5, 0.6) is 0 Å². The van der Waals surface area contributed by atoms with Crippen LogP contribution in [-0.2, 0) is 18.3 Å². The molecule has 0 aliphatic heterocycles. The van der Waals surface area contributed by atoms with Crippen LogP contribution in [0.1, 0.15) is 44.3 Å². The van der Waals surface area contributed by atoms with Crippen molar-refractivity contribution in [2.45, 2.75) is 50.1 Å². The normalized spacial score (nSPS) is 15.2. The van der Waals surface area contributed by atoms with E-state index in [1.807, 2.05) is 23.7 Å². The Balaban J connectivity index is 1.48. The first-order valence-electron chi connectivity index (χ1n) is 9.19. The minimum Gasteiger partial charge on any atom is -0.324 e. The number of aryl methyl sites for hydroxylation is 1. The Morgan fingerprint density at radius 3 is 2.81 bits per heavy atom. The van der Waals surface area contributed by atoms with E-state index in [0.29, 0.717) is 10.7 Å². The predicted molar refractivity (Wildman–Crippen MR) is 107 cm³/mol. The Bertz CT molecular complexity index is 743. The van der Waals surface area contributed by atoms with Gasteiger partial charge in [-0.25, -0.2) is 0 Å². The molecule has 0 radical (unpaired) electrons. The lowest BCUT2D eigenvalue weighted by atomic mass is 9.86. The summed E-state index contributed by atoms with van der Waals surface area (Å²) >= 11 is 7.46. The van der Waals surface area contributed by atoms with Crippen molar-refractivity contribution < 1.29 is 4.79 Å². The highest BCUT2D eigenvalue weighted by molar-refractivity contribution is 7.99. The van der Waals surface area contributed by atoms with Crippen molar-refractivity contribution in [3.63, 3.8) is 0 Å². The fourth-order valence-corrected chi connectivity index (χ4v) is 4.29. The molecule has 1 fully saturated rings. The largest absolute Gasteiger partial charge is 0.324 e. The molecule has 5 nitrogen and oxygen atoms in total. The molecule has 1 aromatic heterocycles. The van der Waals surface area contributed by atoms with Crippen LogP contribution in [0.15, 0.2) is 29.4 Å². The molecule has 1 saturated carbocycles. The number of rotatable bonds is 7. The second-order valence-electron chi connectivity index (χ2n) is 6.82. The summed E-state index contributed by atoms with van der Waals surface area (Å²) in [6.45, 7) is 0. The molecule has 1 aromatic carbocycles. The number of para-hydroxylation sites is 1. The van der Waals surface area contributed by atoms with Crippen molar-refractivity contribution in [1.29, 1.82) is 0 Å². The van der Waals surface area contributed by atoms with Crippen LogP contribution in [-0.4, -0.2) is 26.4 Å². The molecule has 0 unspecified atom stereocenters. The van der Waals surface area contributed by atoms with E-state index < -0.39 is 0 Å². The molecule has 1 N–H and O–H groups in total. The number of aromatic nitrogens is 3. The zero-order valence-corrected chi connectivity index (χ0v) is 16.7. The van der Waals surface area contributed by atoms with E-state index in [4.69, 9.17) is 11.6 Å². The number of carbonyl (C=O) groups excluding carboxylic acids is 1. The van der Waals surface area contributed by atoms with Crippen LogP contribution in [0, 0.1) is 5.92 Å². The Morgan fingerprint density at radius 1 is 1.27 bits per heavy atom. The molecule has 0 atom stereocenters. The third-order valence-corrected chi connectivity index (χ3v) is 6.26. The maximum atomic E-state index is 12.1. The van der Waals surface area contributed by atoms with Gasteiger partial charge in [-0.1, -0.05) is 67.6 Å². The van der Waals surface area contributed by atoms with Gasteiger partial charge in [0.25, 0.3) is 0 Å². The molecule has 0 saturated heterocycles. The highest BCUT2D eigenvalue weighted by atomic mass is 35.5. The monoisotopic (exact) mass is 392 g/mol. The van der Waals surface area contributed by atoms with Crippen molar-refractivity contribution in [3.05, 3.63) is 35.1 Å². The first-order chi connectivity index (χ1) is 12.6. The quantitative estimate of drug-likeness (QED) is 0.693. The molecule has 2 aromatic rings. The van der Waals surface area contributed by atoms with Crippen molar-refractivity contribution in [3.8, 4) is 0 Å². The van der Waals surface area contributed by atoms with Crippen LogP contribution in [0.2, 0.25) is 5.02 Å². The molecule has 1 aliphatic rings. The predicted octanol–water partition coefficient (Wildman–Crippen LogP) is 4.71. The molecule has 0 bridgehead atoms. The zero-order chi connectivity index (χ0) is 18.4. The first-order valence-corrected chi connectivity index (χ1v) is 10.6. The van der Waals surface area contributed by atoms with Gasteiger partial charge in [0, 0.05) is 13.5 Å². The highest BCUT2D eigenvalue weighted by Crippen LogP contribution is 2.28. The Hall–Kier alpha value is -1.53. The molecule has 1 amide bonds. The maximum Gasteiger partial charge on any atom is 0.234 e. The molecule has 0 spiro atoms. The summed E-state index contributed by atoms with van der Waals surface area (Å²) in [5.41, 5.74) is 0.630. The van der Waals surface area contributed by atoms with E-state index >= 15 is 0 Å². The van der Waals surface area contributed by atoms with Gasteiger partial charge >= 0.3 is 0 Å². The van der Waals surface area contributed by atoms with Crippen LogP contribution in [0.25, 0.3) is 0 Å². The lowest BCUT2D eigenvalue weighted by Gasteiger charge is -2.20. The number of hydrogen-bond acceptors (Lipinski definition) is 4. The summed E-state index contributed by atoms with van der Waals surface area (Å²) < 4.78 is 2.01. The van der Waals surface area contributed by atoms with Crippen LogP contribution >= 0.6 is 23.4 Å². The zero-order valence-electron chi connectivity index (χ0n) is 15.1. The molecular formula is C19H25ClN4OS. The smallest absolute Gasteiger partial charge is 0.234 e. The van der Waals surface area contributed by atoms with E-state index in [-0.39, 0.29) is 11.7 Å². The van der Waals surface area contributed by atoms with E-state index in [2.05, 4.69) is 15.5 Å². The second kappa shape index (κ2) is 9.42. The van der Waals surface area contributed by atoms with Gasteiger partial charge < -0.3 is 9.88 Å². The number of nitrogens with zero attached hydrogens (tertiary/aromatic N) is 3. The number of nitrogens with one attached hydrogen (secondary N) is 1. The Kier molecular flexibility index (Phi) is 6.97. The van der Waals surface area contributed by atoms with Gasteiger partial charge in [0.2, 0.25) is 5.91 Å². The summed E-state index contributed by atoms with van der Waals surface area (Å²) in [4.78, 5) is 12.1. The fraction of sp³-hybridized carbons (Fsp3) is 0.526. The van der Waals surface area contributed by atoms with Gasteiger partial charge in [-0.15, -0.1) is 10.2 Å². The van der Waals surface area contributed by atoms with Gasteiger partial charge in [-0.05, 0) is 24.5 Å². The van der Waals surface area contributed by atoms with Crippen LogP contribution in [0.4, 0.5) is 5.69 Å². The molecule has 1 aliphatic carbocycles. The Labute approximate surface area is 163 Å². The van der Waals surface area contributed by atoms with Crippen molar-refractivity contribution >= 4 is 35.0 Å². The van der Waals surface area contributed by atoms with Crippen molar-refractivity contribution in [1.82, 2.24) is 14.8 Å². The number of halogens is 1. The highest BCUT2D eigenvalue weighted by Gasteiger charge is 2.16. The molecule has 1 heterocycles. The fourth-order valence-electron chi connectivity index (χ4n) is 3.38.